The highest BCUT2D eigenvalue weighted by Gasteiger charge is 2.31. The Morgan fingerprint density at radius 2 is 1.53 bits per heavy atom. The van der Waals surface area contributed by atoms with E-state index in [1.54, 1.807) is 30.3 Å². The molecule has 0 unspecified atom stereocenters. The molecule has 0 radical (unpaired) electrons. The van der Waals surface area contributed by atoms with E-state index >= 15 is 0 Å². The monoisotopic (exact) mass is 454 g/mol. The maximum absolute atomic E-state index is 13.1. The third kappa shape index (κ3) is 3.46. The number of nitrogens with zero attached hydrogens (tertiary/aromatic N) is 2. The van der Waals surface area contributed by atoms with Crippen LogP contribution in [0.3, 0.4) is 0 Å². The van der Waals surface area contributed by atoms with Crippen molar-refractivity contribution in [3.05, 3.63) is 70.7 Å². The van der Waals surface area contributed by atoms with Gasteiger partial charge in [-0.2, -0.15) is 13.2 Å². The van der Waals surface area contributed by atoms with Crippen molar-refractivity contribution >= 4 is 39.5 Å². The fourth-order valence-electron chi connectivity index (χ4n) is 3.48. The molecule has 3 aromatic carbocycles. The first-order chi connectivity index (χ1) is 15.2. The zero-order valence-electron chi connectivity index (χ0n) is 16.2. The average molecular weight is 455 g/mol. The molecule has 0 saturated carbocycles. The molecule has 6 nitrogen and oxygen atoms in total. The third-order valence-corrected chi connectivity index (χ3v) is 5.43. The number of amidine groups is 1. The summed E-state index contributed by atoms with van der Waals surface area (Å²) in [6.45, 7) is 0. The lowest BCUT2D eigenvalue weighted by Crippen LogP contribution is -2.10. The molecule has 5 N–H and O–H groups in total. The molecular formula is C22H14ClF3N6. The number of aromatic amines is 2. The highest BCUT2D eigenvalue weighted by molar-refractivity contribution is 6.33. The van der Waals surface area contributed by atoms with E-state index in [-0.39, 0.29) is 22.2 Å². The maximum Gasteiger partial charge on any atom is 0.416 e. The van der Waals surface area contributed by atoms with Crippen LogP contribution in [-0.4, -0.2) is 25.8 Å². The van der Waals surface area contributed by atoms with Crippen LogP contribution in [0.5, 0.6) is 0 Å². The first-order valence-corrected chi connectivity index (χ1v) is 9.78. The lowest BCUT2D eigenvalue weighted by atomic mass is 10.1. The normalized spacial score (nSPS) is 12.0. The number of aromatic nitrogens is 4. The molecule has 5 aromatic rings. The number of hydrogen-bond acceptors (Lipinski definition) is 3. The number of hydrogen-bond donors (Lipinski definition) is 4. The van der Waals surface area contributed by atoms with Crippen LogP contribution < -0.4 is 5.73 Å². The second kappa shape index (κ2) is 7.10. The van der Waals surface area contributed by atoms with Crippen molar-refractivity contribution in [1.82, 2.24) is 19.9 Å². The lowest BCUT2D eigenvalue weighted by molar-refractivity contribution is -0.137. The van der Waals surface area contributed by atoms with E-state index in [0.29, 0.717) is 27.9 Å². The van der Waals surface area contributed by atoms with Gasteiger partial charge in [-0.3, -0.25) is 5.41 Å². The Bertz CT molecular complexity index is 1520. The summed E-state index contributed by atoms with van der Waals surface area (Å²) in [6.07, 6.45) is -4.48. The SMILES string of the molecule is N=C(N)c1ccc2nc(-c3ccc4nc(-c5cc(C(F)(F)F)ccc5Cl)[nH]c4c3)[nH]c2c1. The molecule has 0 atom stereocenters. The van der Waals surface area contributed by atoms with Crippen LogP contribution in [0.2, 0.25) is 5.02 Å². The number of rotatable bonds is 3. The van der Waals surface area contributed by atoms with Crippen molar-refractivity contribution in [2.75, 3.05) is 0 Å². The van der Waals surface area contributed by atoms with Crippen molar-refractivity contribution in [3.63, 3.8) is 0 Å². The van der Waals surface area contributed by atoms with E-state index in [1.807, 2.05) is 6.07 Å². The Morgan fingerprint density at radius 3 is 2.25 bits per heavy atom. The fourth-order valence-corrected chi connectivity index (χ4v) is 3.69. The van der Waals surface area contributed by atoms with Crippen LogP contribution in [0.25, 0.3) is 44.8 Å². The van der Waals surface area contributed by atoms with Crippen LogP contribution in [-0.2, 0) is 6.18 Å². The molecule has 0 spiro atoms. The van der Waals surface area contributed by atoms with E-state index in [0.717, 1.165) is 23.2 Å². The minimum Gasteiger partial charge on any atom is -0.384 e. The number of nitrogen functional groups attached to an aromatic ring is 1. The van der Waals surface area contributed by atoms with Gasteiger partial charge in [-0.1, -0.05) is 11.6 Å². The van der Waals surface area contributed by atoms with Crippen LogP contribution in [0.15, 0.2) is 54.6 Å². The van der Waals surface area contributed by atoms with Gasteiger partial charge >= 0.3 is 6.18 Å². The molecule has 5 rings (SSSR count). The topological polar surface area (TPSA) is 107 Å². The summed E-state index contributed by atoms with van der Waals surface area (Å²) in [5.74, 6) is 0.794. The molecule has 32 heavy (non-hydrogen) atoms. The van der Waals surface area contributed by atoms with Gasteiger partial charge < -0.3 is 15.7 Å². The van der Waals surface area contributed by atoms with Crippen molar-refractivity contribution in [1.29, 1.82) is 5.41 Å². The predicted molar refractivity (Wildman–Crippen MR) is 118 cm³/mol. The quantitative estimate of drug-likeness (QED) is 0.206. The largest absolute Gasteiger partial charge is 0.416 e. The van der Waals surface area contributed by atoms with Crippen molar-refractivity contribution in [2.24, 2.45) is 5.73 Å². The van der Waals surface area contributed by atoms with Gasteiger partial charge in [0.25, 0.3) is 0 Å². The van der Waals surface area contributed by atoms with Crippen LogP contribution >= 0.6 is 11.6 Å². The Kier molecular flexibility index (Phi) is 4.45. The van der Waals surface area contributed by atoms with Gasteiger partial charge in [-0.05, 0) is 54.6 Å². The van der Waals surface area contributed by atoms with Gasteiger partial charge in [-0.15, -0.1) is 0 Å². The molecule has 2 aromatic heterocycles. The molecule has 0 aliphatic heterocycles. The smallest absolute Gasteiger partial charge is 0.384 e. The Labute approximate surface area is 183 Å². The molecule has 0 fully saturated rings. The van der Waals surface area contributed by atoms with Gasteiger partial charge in [0.05, 0.1) is 32.7 Å². The highest BCUT2D eigenvalue weighted by Crippen LogP contribution is 2.36. The standard InChI is InChI=1S/C22H14ClF3N6/c23-14-4-3-12(22(24,25)26)9-13(14)21-30-16-6-2-11(8-18(16)32-21)20-29-15-5-1-10(19(27)28)7-17(15)31-20/h1-9H,(H3,27,28)(H,29,31)(H,30,32). The summed E-state index contributed by atoms with van der Waals surface area (Å²) < 4.78 is 39.3. The number of alkyl halides is 3. The minimum atomic E-state index is -4.48. The number of imidazole rings is 2. The molecule has 10 heteroatoms. The second-order valence-corrected chi connectivity index (χ2v) is 7.65. The van der Waals surface area contributed by atoms with E-state index in [2.05, 4.69) is 19.9 Å². The van der Waals surface area contributed by atoms with Crippen molar-refractivity contribution < 1.29 is 13.2 Å². The maximum atomic E-state index is 13.1. The summed E-state index contributed by atoms with van der Waals surface area (Å²) in [5, 5.41) is 7.73. The Hall–Kier alpha value is -3.85. The highest BCUT2D eigenvalue weighted by atomic mass is 35.5. The van der Waals surface area contributed by atoms with Gasteiger partial charge in [0.1, 0.15) is 17.5 Å². The second-order valence-electron chi connectivity index (χ2n) is 7.24. The molecule has 0 aliphatic rings. The van der Waals surface area contributed by atoms with Crippen LogP contribution in [0.1, 0.15) is 11.1 Å². The number of nitrogens with two attached hydrogens (primary N) is 1. The third-order valence-electron chi connectivity index (χ3n) is 5.10. The number of halogens is 4. The summed E-state index contributed by atoms with van der Waals surface area (Å²) in [7, 11) is 0. The Balaban J connectivity index is 1.57. The molecular weight excluding hydrogens is 441 g/mol. The molecule has 0 aliphatic carbocycles. The minimum absolute atomic E-state index is 0.0392. The molecule has 2 heterocycles. The average Bonchev–Trinajstić information content (AvgIpc) is 3.35. The Morgan fingerprint density at radius 1 is 0.875 bits per heavy atom. The molecule has 0 bridgehead atoms. The van der Waals surface area contributed by atoms with Crippen molar-refractivity contribution in [3.8, 4) is 22.8 Å². The zero-order valence-corrected chi connectivity index (χ0v) is 16.9. The van der Waals surface area contributed by atoms with Crippen LogP contribution in [0, 0.1) is 5.41 Å². The van der Waals surface area contributed by atoms with Gasteiger partial charge in [0.15, 0.2) is 0 Å². The number of H-pyrrole nitrogens is 2. The lowest BCUT2D eigenvalue weighted by Gasteiger charge is -2.08. The summed E-state index contributed by atoms with van der Waals surface area (Å²) in [5.41, 5.74) is 8.89. The molecule has 0 saturated heterocycles. The van der Waals surface area contributed by atoms with E-state index in [9.17, 15) is 13.2 Å². The van der Waals surface area contributed by atoms with Crippen LogP contribution in [0.4, 0.5) is 13.2 Å². The van der Waals surface area contributed by atoms with Gasteiger partial charge in [0, 0.05) is 16.7 Å². The number of nitrogens with one attached hydrogen (secondary N) is 3. The van der Waals surface area contributed by atoms with Crippen molar-refractivity contribution in [2.45, 2.75) is 6.18 Å². The van der Waals surface area contributed by atoms with E-state index < -0.39 is 11.7 Å². The zero-order chi connectivity index (χ0) is 22.6. The number of fused-ring (bicyclic) bond motifs is 2. The molecule has 160 valence electrons. The fraction of sp³-hybridized carbons (Fsp3) is 0.0455. The molecule has 0 amide bonds. The first kappa shape index (κ1) is 20.1. The summed E-state index contributed by atoms with van der Waals surface area (Å²) >= 11 is 6.15. The van der Waals surface area contributed by atoms with Gasteiger partial charge in [0.2, 0.25) is 0 Å². The van der Waals surface area contributed by atoms with E-state index in [4.69, 9.17) is 22.7 Å². The summed E-state index contributed by atoms with van der Waals surface area (Å²) in [6, 6.07) is 13.7. The first-order valence-electron chi connectivity index (χ1n) is 9.40. The predicted octanol–water partition coefficient (Wildman–Crippen LogP) is 5.73. The summed E-state index contributed by atoms with van der Waals surface area (Å²) in [4.78, 5) is 15.2. The van der Waals surface area contributed by atoms with Gasteiger partial charge in [-0.25, -0.2) is 9.97 Å². The van der Waals surface area contributed by atoms with E-state index in [1.165, 1.54) is 6.07 Å². The number of benzene rings is 3.